The van der Waals surface area contributed by atoms with E-state index in [1.54, 1.807) is 0 Å². The van der Waals surface area contributed by atoms with Gasteiger partial charge >= 0.3 is 0 Å². The van der Waals surface area contributed by atoms with E-state index in [4.69, 9.17) is 0 Å². The Kier molecular flexibility index (Phi) is 5.71. The van der Waals surface area contributed by atoms with E-state index in [0.717, 1.165) is 19.5 Å². The zero-order chi connectivity index (χ0) is 12.7. The molecule has 2 nitrogen and oxygen atoms in total. The fourth-order valence-corrected chi connectivity index (χ4v) is 2.55. The third-order valence-electron chi connectivity index (χ3n) is 4.00. The van der Waals surface area contributed by atoms with Crippen molar-refractivity contribution >= 4 is 5.78 Å². The maximum Gasteiger partial charge on any atom is 0.153 e. The lowest BCUT2D eigenvalue weighted by molar-refractivity contribution is -0.131. The first-order chi connectivity index (χ1) is 8.15. The zero-order valence-electron chi connectivity index (χ0n) is 11.5. The quantitative estimate of drug-likeness (QED) is 0.683. The average Bonchev–Trinajstić information content (AvgIpc) is 2.39. The van der Waals surface area contributed by atoms with E-state index < -0.39 is 0 Å². The Balaban J connectivity index is 2.63. The van der Waals surface area contributed by atoms with E-state index in [1.807, 2.05) is 6.92 Å². The summed E-state index contributed by atoms with van der Waals surface area (Å²) in [5, 5.41) is 0. The minimum absolute atomic E-state index is 0.254. The molecule has 0 bridgehead atoms. The third-order valence-corrected chi connectivity index (χ3v) is 4.00. The molecule has 1 heterocycles. The second kappa shape index (κ2) is 6.81. The Morgan fingerprint density at radius 2 is 1.94 bits per heavy atom. The number of piperidine rings is 1. The van der Waals surface area contributed by atoms with Gasteiger partial charge < -0.3 is 0 Å². The first-order valence-electron chi connectivity index (χ1n) is 6.83. The minimum atomic E-state index is -0.254. The highest BCUT2D eigenvalue weighted by atomic mass is 16.1. The molecule has 0 N–H and O–H groups in total. The molecule has 0 aliphatic carbocycles. The fraction of sp³-hybridized carbons (Fsp3) is 0.800. The standard InChI is InChI=1S/C15H25NO/c1-4-6-8-11-14(17)15(3,5-2)16-12-9-7-10-13-16/h5,7-13H2,1-3H3. The molecule has 1 atom stereocenters. The summed E-state index contributed by atoms with van der Waals surface area (Å²) in [6, 6.07) is 0. The van der Waals surface area contributed by atoms with Gasteiger partial charge in [-0.3, -0.25) is 9.69 Å². The van der Waals surface area contributed by atoms with Crippen molar-refractivity contribution in [3.05, 3.63) is 0 Å². The number of hydrogen-bond acceptors (Lipinski definition) is 2. The van der Waals surface area contributed by atoms with Crippen molar-refractivity contribution in [1.29, 1.82) is 0 Å². The monoisotopic (exact) mass is 235 g/mol. The molecule has 0 aromatic rings. The lowest BCUT2D eigenvalue weighted by atomic mass is 9.87. The Labute approximate surface area is 106 Å². The van der Waals surface area contributed by atoms with Crippen LogP contribution >= 0.6 is 0 Å². The molecule has 17 heavy (non-hydrogen) atoms. The molecule has 1 aliphatic rings. The normalized spacial score (nSPS) is 20.2. The van der Waals surface area contributed by atoms with E-state index in [9.17, 15) is 4.79 Å². The Hall–Kier alpha value is -0.810. The van der Waals surface area contributed by atoms with Crippen LogP contribution in [0.3, 0.4) is 0 Å². The molecular weight excluding hydrogens is 210 g/mol. The van der Waals surface area contributed by atoms with Crippen LogP contribution in [0.2, 0.25) is 0 Å². The minimum Gasteiger partial charge on any atom is -0.298 e. The summed E-state index contributed by atoms with van der Waals surface area (Å²) in [7, 11) is 0. The van der Waals surface area contributed by atoms with E-state index in [-0.39, 0.29) is 5.54 Å². The van der Waals surface area contributed by atoms with Crippen LogP contribution in [0.15, 0.2) is 0 Å². The van der Waals surface area contributed by atoms with E-state index in [1.165, 1.54) is 19.3 Å². The largest absolute Gasteiger partial charge is 0.298 e. The maximum absolute atomic E-state index is 12.4. The SMILES string of the molecule is CC#CCCC(=O)C(C)(CC)N1CCCCC1. The molecule has 96 valence electrons. The number of hydrogen-bond donors (Lipinski definition) is 0. The summed E-state index contributed by atoms with van der Waals surface area (Å²) >= 11 is 0. The van der Waals surface area contributed by atoms with Crippen LogP contribution in [0.5, 0.6) is 0 Å². The van der Waals surface area contributed by atoms with Crippen molar-refractivity contribution in [2.75, 3.05) is 13.1 Å². The van der Waals surface area contributed by atoms with Crippen molar-refractivity contribution in [1.82, 2.24) is 4.90 Å². The highest BCUT2D eigenvalue weighted by molar-refractivity contribution is 5.88. The molecule has 1 aliphatic heterocycles. The van der Waals surface area contributed by atoms with Crippen LogP contribution in [-0.2, 0) is 4.79 Å². The number of Topliss-reactive ketones (excluding diaryl/α,β-unsaturated/α-hetero) is 1. The average molecular weight is 235 g/mol. The summed E-state index contributed by atoms with van der Waals surface area (Å²) < 4.78 is 0. The zero-order valence-corrected chi connectivity index (χ0v) is 11.5. The van der Waals surface area contributed by atoms with Gasteiger partial charge in [-0.05, 0) is 46.2 Å². The summed E-state index contributed by atoms with van der Waals surface area (Å²) in [4.78, 5) is 14.7. The summed E-state index contributed by atoms with van der Waals surface area (Å²) in [5.74, 6) is 6.21. The summed E-state index contributed by atoms with van der Waals surface area (Å²) in [5.41, 5.74) is -0.254. The maximum atomic E-state index is 12.4. The van der Waals surface area contributed by atoms with E-state index in [0.29, 0.717) is 18.6 Å². The molecule has 1 saturated heterocycles. The highest BCUT2D eigenvalue weighted by Gasteiger charge is 2.36. The Morgan fingerprint density at radius 1 is 1.29 bits per heavy atom. The predicted octanol–water partition coefficient (Wildman–Crippen LogP) is 3.01. The number of carbonyl (C=O) groups excluding carboxylic acids is 1. The van der Waals surface area contributed by atoms with Gasteiger partial charge in [0.25, 0.3) is 0 Å². The van der Waals surface area contributed by atoms with Gasteiger partial charge in [0.1, 0.15) is 0 Å². The van der Waals surface area contributed by atoms with Crippen LogP contribution in [-0.4, -0.2) is 29.3 Å². The van der Waals surface area contributed by atoms with Crippen molar-refractivity contribution in [3.63, 3.8) is 0 Å². The topological polar surface area (TPSA) is 20.3 Å². The van der Waals surface area contributed by atoms with Crippen LogP contribution in [0.1, 0.15) is 59.3 Å². The lowest BCUT2D eigenvalue weighted by Crippen LogP contribution is -2.53. The van der Waals surface area contributed by atoms with E-state index in [2.05, 4.69) is 30.6 Å². The number of carbonyl (C=O) groups is 1. The third kappa shape index (κ3) is 3.57. The van der Waals surface area contributed by atoms with Gasteiger partial charge in [-0.2, -0.15) is 0 Å². The predicted molar refractivity (Wildman–Crippen MR) is 71.8 cm³/mol. The van der Waals surface area contributed by atoms with Crippen LogP contribution in [0.4, 0.5) is 0 Å². The van der Waals surface area contributed by atoms with Crippen molar-refractivity contribution in [2.24, 2.45) is 0 Å². The molecule has 1 fully saturated rings. The molecule has 1 rings (SSSR count). The first kappa shape index (κ1) is 14.3. The smallest absolute Gasteiger partial charge is 0.153 e. The van der Waals surface area contributed by atoms with Gasteiger partial charge in [0, 0.05) is 12.8 Å². The van der Waals surface area contributed by atoms with Crippen molar-refractivity contribution < 1.29 is 4.79 Å². The second-order valence-corrected chi connectivity index (χ2v) is 5.03. The highest BCUT2D eigenvalue weighted by Crippen LogP contribution is 2.26. The molecule has 0 amide bonds. The number of rotatable bonds is 5. The van der Waals surface area contributed by atoms with Gasteiger partial charge in [0.05, 0.1) is 5.54 Å². The van der Waals surface area contributed by atoms with Crippen LogP contribution in [0, 0.1) is 11.8 Å². The molecule has 0 aromatic heterocycles. The van der Waals surface area contributed by atoms with Gasteiger partial charge in [-0.1, -0.05) is 13.3 Å². The van der Waals surface area contributed by atoms with Gasteiger partial charge in [-0.15, -0.1) is 11.8 Å². The van der Waals surface area contributed by atoms with Gasteiger partial charge in [-0.25, -0.2) is 0 Å². The first-order valence-corrected chi connectivity index (χ1v) is 6.83. The Morgan fingerprint density at radius 3 is 2.47 bits per heavy atom. The van der Waals surface area contributed by atoms with E-state index >= 15 is 0 Å². The number of likely N-dealkylation sites (tertiary alicyclic amines) is 1. The Bertz CT molecular complexity index is 307. The second-order valence-electron chi connectivity index (χ2n) is 5.03. The number of nitrogens with zero attached hydrogens (tertiary/aromatic N) is 1. The van der Waals surface area contributed by atoms with Gasteiger partial charge in [0.2, 0.25) is 0 Å². The molecular formula is C15H25NO. The molecule has 0 spiro atoms. The van der Waals surface area contributed by atoms with Crippen LogP contribution in [0.25, 0.3) is 0 Å². The molecule has 0 saturated carbocycles. The number of ketones is 1. The molecule has 1 unspecified atom stereocenters. The van der Waals surface area contributed by atoms with Crippen molar-refractivity contribution in [3.8, 4) is 11.8 Å². The molecule has 2 heteroatoms. The lowest BCUT2D eigenvalue weighted by Gasteiger charge is -2.41. The molecule has 0 radical (unpaired) electrons. The molecule has 0 aromatic carbocycles. The fourth-order valence-electron chi connectivity index (χ4n) is 2.55. The summed E-state index contributed by atoms with van der Waals surface area (Å²) in [6.07, 6.45) is 5.99. The summed E-state index contributed by atoms with van der Waals surface area (Å²) in [6.45, 7) is 8.22. The van der Waals surface area contributed by atoms with Crippen molar-refractivity contribution in [2.45, 2.75) is 64.8 Å². The van der Waals surface area contributed by atoms with Crippen LogP contribution < -0.4 is 0 Å². The van der Waals surface area contributed by atoms with Gasteiger partial charge in [0.15, 0.2) is 5.78 Å².